The molecule has 1 unspecified atom stereocenters. The average molecular weight is 439 g/mol. The van der Waals surface area contributed by atoms with Crippen LogP contribution in [0.5, 0.6) is 0 Å². The monoisotopic (exact) mass is 439 g/mol. The minimum atomic E-state index is 0.290. The zero-order valence-electron chi connectivity index (χ0n) is 12.5. The van der Waals surface area contributed by atoms with Crippen molar-refractivity contribution in [3.8, 4) is 0 Å². The van der Waals surface area contributed by atoms with Crippen molar-refractivity contribution in [1.82, 2.24) is 4.90 Å². The van der Waals surface area contributed by atoms with Gasteiger partial charge in [0, 0.05) is 0 Å². The summed E-state index contributed by atoms with van der Waals surface area (Å²) in [4.78, 5) is 2.32. The van der Waals surface area contributed by atoms with Crippen LogP contribution < -0.4 is 0 Å². The molecule has 0 N–H and O–H groups in total. The van der Waals surface area contributed by atoms with Crippen LogP contribution in [0.25, 0.3) is 0 Å². The first-order valence-corrected chi connectivity index (χ1v) is 8.33. The summed E-state index contributed by atoms with van der Waals surface area (Å²) in [7, 11) is 1.77. The Kier molecular flexibility index (Phi) is 5.12. The predicted molar refractivity (Wildman–Crippen MR) is 80.0 cm³/mol. The molecule has 0 fully saturated rings. The van der Waals surface area contributed by atoms with E-state index in [1.807, 2.05) is 0 Å². The molecule has 0 amide bonds. The van der Waals surface area contributed by atoms with Gasteiger partial charge in [-0.05, 0) is 0 Å². The topological polar surface area (TPSA) is 12.5 Å². The summed E-state index contributed by atoms with van der Waals surface area (Å²) in [6.07, 6.45) is 4.49. The minimum absolute atomic E-state index is 0.290. The molecule has 0 saturated heterocycles. The van der Waals surface area contributed by atoms with Crippen LogP contribution in [0.4, 0.5) is 0 Å². The molecule has 0 aromatic heterocycles. The summed E-state index contributed by atoms with van der Waals surface area (Å²) >= 11 is 1.37. The van der Waals surface area contributed by atoms with Crippen molar-refractivity contribution in [2.24, 2.45) is 0 Å². The summed E-state index contributed by atoms with van der Waals surface area (Å²) in [5.74, 6) is 0.290. The molecule has 2 rings (SSSR count). The van der Waals surface area contributed by atoms with Gasteiger partial charge in [-0.1, -0.05) is 0 Å². The van der Waals surface area contributed by atoms with Gasteiger partial charge in [0.2, 0.25) is 0 Å². The summed E-state index contributed by atoms with van der Waals surface area (Å²) < 4.78 is 6.65. The molecule has 1 aromatic rings. The van der Waals surface area contributed by atoms with Crippen LogP contribution >= 0.6 is 0 Å². The van der Waals surface area contributed by atoms with Gasteiger partial charge < -0.3 is 0 Å². The number of hydrogen-bond donors (Lipinski definition) is 0. The van der Waals surface area contributed by atoms with Gasteiger partial charge in [0.25, 0.3) is 0 Å². The van der Waals surface area contributed by atoms with Gasteiger partial charge in [-0.15, -0.1) is 0 Å². The third-order valence-electron chi connectivity index (χ3n) is 3.65. The van der Waals surface area contributed by atoms with Gasteiger partial charge in [0.15, 0.2) is 0 Å². The molecule has 1 atom stereocenters. The van der Waals surface area contributed by atoms with Crippen LogP contribution in [0.3, 0.4) is 0 Å². The Balaban J connectivity index is 2.48. The first-order valence-electron chi connectivity index (χ1n) is 6.87. The normalized spacial score (nSPS) is 18.9. The molecule has 106 valence electrons. The van der Waals surface area contributed by atoms with Crippen molar-refractivity contribution in [1.29, 1.82) is 0 Å². The van der Waals surface area contributed by atoms with E-state index in [0.717, 1.165) is 4.08 Å². The van der Waals surface area contributed by atoms with Crippen molar-refractivity contribution < 1.29 is 24.1 Å². The van der Waals surface area contributed by atoms with Crippen molar-refractivity contribution >= 4 is 4.08 Å². The van der Waals surface area contributed by atoms with Crippen LogP contribution in [0.2, 0.25) is 0 Å². The summed E-state index contributed by atoms with van der Waals surface area (Å²) in [5, 5.41) is 0. The molecule has 2 nitrogen and oxygen atoms in total. The van der Waals surface area contributed by atoms with Gasteiger partial charge in [-0.25, -0.2) is 0 Å². The van der Waals surface area contributed by atoms with E-state index in [1.54, 1.807) is 7.11 Å². The second kappa shape index (κ2) is 6.65. The van der Waals surface area contributed by atoms with Crippen molar-refractivity contribution in [2.75, 3.05) is 7.11 Å². The molecule has 0 spiro atoms. The fourth-order valence-electron chi connectivity index (χ4n) is 2.63. The Labute approximate surface area is 132 Å². The Morgan fingerprint density at radius 1 is 1.25 bits per heavy atom. The van der Waals surface area contributed by atoms with E-state index in [0.29, 0.717) is 12.0 Å². The fourth-order valence-corrected chi connectivity index (χ4v) is 3.62. The molecule has 0 saturated carbocycles. The first-order chi connectivity index (χ1) is 9.56. The molecule has 1 heterocycles. The summed E-state index contributed by atoms with van der Waals surface area (Å²) in [6, 6.07) is 11.1. The maximum absolute atomic E-state index is 5.58. The van der Waals surface area contributed by atoms with E-state index >= 15 is 0 Å². The molecule has 3 heteroatoms. The third kappa shape index (κ3) is 3.02. The number of nitrogens with zero attached hydrogens (tertiary/aromatic N) is 1. The van der Waals surface area contributed by atoms with Crippen molar-refractivity contribution in [3.05, 3.63) is 59.4 Å². The Morgan fingerprint density at radius 3 is 2.45 bits per heavy atom. The van der Waals surface area contributed by atoms with Crippen LogP contribution in [0, 0.1) is 0 Å². The zero-order chi connectivity index (χ0) is 14.7. The summed E-state index contributed by atoms with van der Waals surface area (Å²) in [5.41, 5.74) is 3.92. The molecular formula is C17H21NOW. The zero-order valence-corrected chi connectivity index (χ0v) is 15.4. The van der Waals surface area contributed by atoms with E-state index in [-0.39, 0.29) is 0 Å². The second-order valence-electron chi connectivity index (χ2n) is 5.22. The number of allylic oxidation sites excluding steroid dienone is 2. The number of ether oxygens (including phenoxy) is 1. The average Bonchev–Trinajstić information content (AvgIpc) is 2.46. The second-order valence-corrected chi connectivity index (χ2v) is 6.55. The van der Waals surface area contributed by atoms with Gasteiger partial charge in [-0.3, -0.25) is 0 Å². The molecular weight excluding hydrogens is 418 g/mol. The molecule has 20 heavy (non-hydrogen) atoms. The Hall–Kier alpha value is -0.982. The SMILES string of the molecule is CO[C](=[W])C1=C(C)N(C(C)C)C=CC1c1ccccc1. The fraction of sp³-hybridized carbons (Fsp3) is 0.353. The third-order valence-corrected chi connectivity index (χ3v) is 5.04. The number of benzene rings is 1. The molecule has 1 aromatic carbocycles. The number of methoxy groups -OCH3 is 1. The molecule has 0 radical (unpaired) electrons. The van der Waals surface area contributed by atoms with Crippen molar-refractivity contribution in [3.63, 3.8) is 0 Å². The van der Waals surface area contributed by atoms with Crippen LogP contribution in [-0.2, 0) is 24.1 Å². The summed E-state index contributed by atoms with van der Waals surface area (Å²) in [6.45, 7) is 6.61. The van der Waals surface area contributed by atoms with Crippen LogP contribution in [0.1, 0.15) is 32.3 Å². The quantitative estimate of drug-likeness (QED) is 0.711. The van der Waals surface area contributed by atoms with E-state index in [9.17, 15) is 0 Å². The Morgan fingerprint density at radius 2 is 1.90 bits per heavy atom. The van der Waals surface area contributed by atoms with Gasteiger partial charge in [-0.2, -0.15) is 0 Å². The van der Waals surface area contributed by atoms with Gasteiger partial charge in [0.05, 0.1) is 0 Å². The van der Waals surface area contributed by atoms with Crippen molar-refractivity contribution in [2.45, 2.75) is 32.7 Å². The maximum atomic E-state index is 5.58. The number of rotatable bonds is 4. The van der Waals surface area contributed by atoms with Gasteiger partial charge in [0.1, 0.15) is 0 Å². The van der Waals surface area contributed by atoms with E-state index < -0.39 is 0 Å². The Bertz CT molecular complexity index is 545. The molecule has 0 bridgehead atoms. The predicted octanol–water partition coefficient (Wildman–Crippen LogP) is 3.61. The van der Waals surface area contributed by atoms with Gasteiger partial charge >= 0.3 is 132 Å². The van der Waals surface area contributed by atoms with Crippen LogP contribution in [-0.4, -0.2) is 22.1 Å². The van der Waals surface area contributed by atoms with Crippen LogP contribution in [0.15, 0.2) is 53.9 Å². The molecule has 1 aliphatic rings. The van der Waals surface area contributed by atoms with E-state index in [4.69, 9.17) is 4.74 Å². The number of hydrogen-bond acceptors (Lipinski definition) is 2. The van der Waals surface area contributed by atoms with E-state index in [2.05, 4.69) is 68.3 Å². The standard InChI is InChI=1S/C17H21NO.W/c1-13(2)18-11-10-16(15-8-6-5-7-9-15)17(12-19-4)14(18)3;/h5-11,13,16H,1-4H3;. The molecule has 0 aliphatic carbocycles. The molecule has 1 aliphatic heterocycles. The first kappa shape index (κ1) is 15.4. The van der Waals surface area contributed by atoms with E-state index in [1.165, 1.54) is 36.2 Å².